The third-order valence-corrected chi connectivity index (χ3v) is 2.08. The molecule has 0 saturated carbocycles. The van der Waals surface area contributed by atoms with Crippen LogP contribution in [-0.4, -0.2) is 16.4 Å². The molecular weight excluding hydrogens is 288 g/mol. The monoisotopic (exact) mass is 304 g/mol. The van der Waals surface area contributed by atoms with Crippen LogP contribution in [-0.2, 0) is 0 Å². The molecule has 1 aromatic carbocycles. The number of nitrogen functional groups attached to an aromatic ring is 1. The van der Waals surface area contributed by atoms with E-state index in [9.17, 15) is 4.79 Å². The van der Waals surface area contributed by atoms with Crippen molar-refractivity contribution >= 4 is 17.7 Å². The summed E-state index contributed by atoms with van der Waals surface area (Å²) in [5, 5.41) is 9.23. The predicted molar refractivity (Wildman–Crippen MR) is 80.2 cm³/mol. The van der Waals surface area contributed by atoms with Crippen molar-refractivity contribution in [2.45, 2.75) is 7.43 Å². The van der Waals surface area contributed by atoms with Crippen LogP contribution in [0.1, 0.15) is 7.43 Å². The number of hydrogen-bond donors (Lipinski definition) is 2. The van der Waals surface area contributed by atoms with Gasteiger partial charge in [0.05, 0.1) is 0 Å². The first-order valence-corrected chi connectivity index (χ1v) is 5.84. The molecule has 0 radical (unpaired) electrons. The van der Waals surface area contributed by atoms with E-state index >= 15 is 0 Å². The van der Waals surface area contributed by atoms with Crippen molar-refractivity contribution in [1.82, 2.24) is 10.3 Å². The molecule has 3 N–H and O–H groups in total. The smallest absolute Gasteiger partial charge is 0.410 e. The summed E-state index contributed by atoms with van der Waals surface area (Å²) in [5.74, 6) is 1.21. The number of nitrogens with zero attached hydrogens (tertiary/aromatic N) is 2. The molecule has 2 heterocycles. The van der Waals surface area contributed by atoms with E-state index in [4.69, 9.17) is 10.5 Å². The second kappa shape index (κ2) is 8.80. The van der Waals surface area contributed by atoms with Gasteiger partial charge in [0.2, 0.25) is 0 Å². The number of anilines is 2. The number of benzene rings is 1. The highest BCUT2D eigenvalue weighted by Gasteiger charge is 2.05. The summed E-state index contributed by atoms with van der Waals surface area (Å²) < 4.78 is 13.8. The number of nitrogens with one attached hydrogen (secondary N) is 1. The van der Waals surface area contributed by atoms with E-state index in [0.717, 1.165) is 0 Å². The number of hydrogen-bond acceptors (Lipinski definition) is 7. The lowest BCUT2D eigenvalue weighted by Crippen LogP contribution is -2.16. The largest absolute Gasteiger partial charge is 0.418 e. The molecule has 0 spiro atoms. The molecule has 2 aromatic heterocycles. The van der Waals surface area contributed by atoms with Crippen LogP contribution in [0.4, 0.5) is 16.4 Å². The average molecular weight is 304 g/mol. The highest BCUT2D eigenvalue weighted by atomic mass is 16.6. The van der Waals surface area contributed by atoms with Gasteiger partial charge in [-0.05, 0) is 12.1 Å². The van der Waals surface area contributed by atoms with E-state index in [1.165, 1.54) is 18.6 Å². The van der Waals surface area contributed by atoms with Gasteiger partial charge in [-0.1, -0.05) is 35.9 Å². The predicted octanol–water partition coefficient (Wildman–Crippen LogP) is 3.18. The van der Waals surface area contributed by atoms with Gasteiger partial charge in [0.25, 0.3) is 0 Å². The number of amides is 1. The maximum Gasteiger partial charge on any atom is 0.418 e. The first-order valence-electron chi connectivity index (χ1n) is 5.84. The van der Waals surface area contributed by atoms with Crippen molar-refractivity contribution in [2.75, 3.05) is 11.1 Å². The Morgan fingerprint density at radius 3 is 2.23 bits per heavy atom. The summed E-state index contributed by atoms with van der Waals surface area (Å²) in [6.45, 7) is 0. The van der Waals surface area contributed by atoms with Gasteiger partial charge in [0.15, 0.2) is 11.6 Å². The average Bonchev–Trinajstić information content (AvgIpc) is 3.14. The van der Waals surface area contributed by atoms with Crippen molar-refractivity contribution in [1.29, 1.82) is 0 Å². The first kappa shape index (κ1) is 16.8. The quantitative estimate of drug-likeness (QED) is 0.746. The number of carbonyl (C=O) groups is 1. The third kappa shape index (κ3) is 5.78. The Morgan fingerprint density at radius 1 is 1.05 bits per heavy atom. The van der Waals surface area contributed by atoms with Gasteiger partial charge >= 0.3 is 6.09 Å². The molecule has 3 aromatic rings. The van der Waals surface area contributed by atoms with Crippen LogP contribution in [0.3, 0.4) is 0 Å². The lowest BCUT2D eigenvalue weighted by Gasteiger charge is -2.02. The molecule has 8 heteroatoms. The minimum atomic E-state index is -0.602. The number of para-hydroxylation sites is 1. The molecule has 22 heavy (non-hydrogen) atoms. The zero-order valence-electron chi connectivity index (χ0n) is 10.8. The Bertz CT molecular complexity index is 639. The van der Waals surface area contributed by atoms with Crippen LogP contribution < -0.4 is 15.8 Å². The lowest BCUT2D eigenvalue weighted by molar-refractivity contribution is 0.215. The van der Waals surface area contributed by atoms with Crippen molar-refractivity contribution in [3.8, 4) is 5.75 Å². The molecule has 0 atom stereocenters. The summed E-state index contributed by atoms with van der Waals surface area (Å²) in [7, 11) is 0. The molecule has 0 unspecified atom stereocenters. The van der Waals surface area contributed by atoms with Crippen molar-refractivity contribution < 1.29 is 18.6 Å². The van der Waals surface area contributed by atoms with Gasteiger partial charge in [-0.15, -0.1) is 0 Å². The molecule has 0 aliphatic heterocycles. The number of carbonyl (C=O) groups excluding carboxylic acids is 1. The van der Waals surface area contributed by atoms with E-state index in [1.807, 2.05) is 6.07 Å². The van der Waals surface area contributed by atoms with Crippen LogP contribution in [0.25, 0.3) is 0 Å². The Hall–Kier alpha value is -3.29. The van der Waals surface area contributed by atoms with E-state index < -0.39 is 6.09 Å². The third-order valence-electron chi connectivity index (χ3n) is 2.08. The number of nitrogens with two attached hydrogens (primary N) is 1. The number of rotatable bonds is 2. The lowest BCUT2D eigenvalue weighted by atomic mass is 10.3. The van der Waals surface area contributed by atoms with Crippen molar-refractivity contribution in [2.24, 2.45) is 0 Å². The molecule has 116 valence electrons. The Kier molecular flexibility index (Phi) is 6.70. The van der Waals surface area contributed by atoms with Crippen LogP contribution in [0.5, 0.6) is 5.75 Å². The Morgan fingerprint density at radius 2 is 1.73 bits per heavy atom. The summed E-state index contributed by atoms with van der Waals surface area (Å²) in [4.78, 5) is 11.3. The molecular formula is C14H16N4O4. The van der Waals surface area contributed by atoms with Crippen LogP contribution in [0, 0.1) is 0 Å². The van der Waals surface area contributed by atoms with Gasteiger partial charge in [-0.25, -0.2) is 4.79 Å². The SMILES string of the molecule is C.Nc1ccon1.O=C(Nc1ccon1)Oc1ccccc1. The number of aromatic nitrogens is 2. The summed E-state index contributed by atoms with van der Waals surface area (Å²) in [5.41, 5.74) is 5.07. The molecule has 3 rings (SSSR count). The summed E-state index contributed by atoms with van der Waals surface area (Å²) in [6.07, 6.45) is 2.18. The van der Waals surface area contributed by atoms with Crippen LogP contribution in [0.2, 0.25) is 0 Å². The van der Waals surface area contributed by atoms with Crippen molar-refractivity contribution in [3.05, 3.63) is 55.0 Å². The van der Waals surface area contributed by atoms with Gasteiger partial charge in [-0.2, -0.15) is 0 Å². The van der Waals surface area contributed by atoms with E-state index in [-0.39, 0.29) is 7.43 Å². The zero-order valence-corrected chi connectivity index (χ0v) is 10.8. The van der Waals surface area contributed by atoms with E-state index in [1.54, 1.807) is 30.3 Å². The highest BCUT2D eigenvalue weighted by molar-refractivity contribution is 5.84. The first-order chi connectivity index (χ1) is 10.2. The molecule has 0 aliphatic carbocycles. The second-order valence-corrected chi connectivity index (χ2v) is 3.64. The molecule has 0 aliphatic rings. The van der Waals surface area contributed by atoms with Gasteiger partial charge < -0.3 is 19.5 Å². The topological polar surface area (TPSA) is 116 Å². The maximum absolute atomic E-state index is 11.3. The molecule has 8 nitrogen and oxygen atoms in total. The molecule has 0 bridgehead atoms. The fourth-order valence-electron chi connectivity index (χ4n) is 1.22. The van der Waals surface area contributed by atoms with E-state index in [2.05, 4.69) is 24.7 Å². The van der Waals surface area contributed by atoms with Crippen LogP contribution in [0.15, 0.2) is 64.0 Å². The fourth-order valence-corrected chi connectivity index (χ4v) is 1.22. The highest BCUT2D eigenvalue weighted by Crippen LogP contribution is 2.09. The summed E-state index contributed by atoms with van der Waals surface area (Å²) in [6, 6.07) is 11.9. The van der Waals surface area contributed by atoms with Gasteiger partial charge in [0.1, 0.15) is 18.3 Å². The minimum absolute atomic E-state index is 0. The normalized spacial score (nSPS) is 8.91. The van der Waals surface area contributed by atoms with Gasteiger partial charge in [0, 0.05) is 12.1 Å². The standard InChI is InChI=1S/C10H8N2O3.C3H4N2O.CH4/c13-10(11-9-6-7-14-12-9)15-8-4-2-1-3-5-8;4-3-1-2-6-5-3;/h1-7H,(H,11,12,13);1-2H,(H2,4,5);1H4. The number of ether oxygens (including phenoxy) is 1. The summed E-state index contributed by atoms with van der Waals surface area (Å²) >= 11 is 0. The fraction of sp³-hybridized carbons (Fsp3) is 0.0714. The second-order valence-electron chi connectivity index (χ2n) is 3.64. The minimum Gasteiger partial charge on any atom is -0.410 e. The molecule has 1 amide bonds. The van der Waals surface area contributed by atoms with Crippen LogP contribution >= 0.6 is 0 Å². The molecule has 0 saturated heterocycles. The van der Waals surface area contributed by atoms with Crippen molar-refractivity contribution in [3.63, 3.8) is 0 Å². The Labute approximate surface area is 126 Å². The zero-order chi connectivity index (χ0) is 14.9. The van der Waals surface area contributed by atoms with E-state index in [0.29, 0.717) is 17.4 Å². The molecule has 0 fully saturated rings. The van der Waals surface area contributed by atoms with Gasteiger partial charge in [-0.3, -0.25) is 5.32 Å². The maximum atomic E-state index is 11.3. The Balaban J connectivity index is 0.000000293.